The third-order valence-corrected chi connectivity index (χ3v) is 9.79. The van der Waals surface area contributed by atoms with E-state index in [-0.39, 0.29) is 54.2 Å². The summed E-state index contributed by atoms with van der Waals surface area (Å²) in [6, 6.07) is 19.9. The molecule has 17 heteroatoms. The quantitative estimate of drug-likeness (QED) is 0.111. The summed E-state index contributed by atoms with van der Waals surface area (Å²) in [5, 5.41) is 11.1. The molecule has 17 nitrogen and oxygen atoms in total. The molecule has 3 aromatic carbocycles. The minimum Gasteiger partial charge on any atom is -0.457 e. The van der Waals surface area contributed by atoms with Gasteiger partial charge in [-0.25, -0.2) is 4.98 Å². The topological polar surface area (TPSA) is 208 Å². The Bertz CT molecular complexity index is 2460. The summed E-state index contributed by atoms with van der Waals surface area (Å²) in [7, 11) is 0. The minimum atomic E-state index is -1.08. The number of benzene rings is 3. The number of ether oxygens (including phenoxy) is 1. The van der Waals surface area contributed by atoms with Crippen molar-refractivity contribution in [3.05, 3.63) is 103 Å². The number of hydrogen-bond donors (Lipinski definition) is 4. The maximum atomic E-state index is 13.4. The van der Waals surface area contributed by atoms with Crippen molar-refractivity contribution in [1.82, 2.24) is 25.1 Å². The highest BCUT2D eigenvalue weighted by Gasteiger charge is 2.45. The van der Waals surface area contributed by atoms with Gasteiger partial charge in [0.15, 0.2) is 0 Å². The van der Waals surface area contributed by atoms with Gasteiger partial charge in [-0.2, -0.15) is 4.98 Å². The average molecular weight is 770 g/mol. The smallest absolute Gasteiger partial charge is 0.268 e. The summed E-state index contributed by atoms with van der Waals surface area (Å²) in [5.41, 5.74) is 3.67. The van der Waals surface area contributed by atoms with E-state index in [1.807, 2.05) is 24.3 Å². The van der Waals surface area contributed by atoms with Crippen molar-refractivity contribution in [2.45, 2.75) is 18.9 Å². The van der Waals surface area contributed by atoms with Crippen molar-refractivity contribution in [2.75, 3.05) is 53.6 Å². The lowest BCUT2D eigenvalue weighted by molar-refractivity contribution is -0.136. The molecule has 6 amide bonds. The van der Waals surface area contributed by atoms with Crippen molar-refractivity contribution >= 4 is 75.2 Å². The molecule has 3 aliphatic rings. The van der Waals surface area contributed by atoms with Crippen LogP contribution in [-0.2, 0) is 19.2 Å². The van der Waals surface area contributed by atoms with E-state index in [2.05, 4.69) is 42.7 Å². The minimum absolute atomic E-state index is 0.0235. The number of imide groups is 2. The predicted octanol–water partition coefficient (Wildman–Crippen LogP) is 4.05. The number of furan rings is 1. The summed E-state index contributed by atoms with van der Waals surface area (Å²) in [6.07, 6.45) is 2.75. The number of anilines is 5. The molecule has 0 spiro atoms. The van der Waals surface area contributed by atoms with Crippen LogP contribution < -0.4 is 30.9 Å². The lowest BCUT2D eigenvalue weighted by Crippen LogP contribution is -2.54. The molecule has 288 valence electrons. The second-order valence-corrected chi connectivity index (χ2v) is 13.4. The summed E-state index contributed by atoms with van der Waals surface area (Å²) in [6.45, 7) is 5.49. The molecule has 5 aromatic rings. The number of amides is 6. The molecule has 1 unspecified atom stereocenters. The Morgan fingerprint density at radius 3 is 2.49 bits per heavy atom. The molecule has 4 N–H and O–H groups in total. The molecule has 0 radical (unpaired) electrons. The molecular weight excluding hydrogens is 734 g/mol. The lowest BCUT2D eigenvalue weighted by Gasteiger charge is -2.36. The second kappa shape index (κ2) is 15.3. The summed E-state index contributed by atoms with van der Waals surface area (Å²) in [4.78, 5) is 89.6. The Kier molecular flexibility index (Phi) is 9.77. The highest BCUT2D eigenvalue weighted by molar-refractivity contribution is 6.25. The van der Waals surface area contributed by atoms with Gasteiger partial charge in [0.05, 0.1) is 23.9 Å². The molecular formula is C40H35N9O8. The Balaban J connectivity index is 0.860. The van der Waals surface area contributed by atoms with E-state index in [0.29, 0.717) is 54.4 Å². The molecule has 57 heavy (non-hydrogen) atoms. The lowest BCUT2D eigenvalue weighted by atomic mass is 10.0. The standard InChI is InChI=1S/C40H35N9O8/c1-2-31(50)42-24-5-3-6-26(21-24)57-37-35-29(15-20-56-35)44-40(46-37)43-23-9-11-25(12-10-23)47-16-18-48(19-17-47)33(52)22-41-28-8-4-7-27-34(28)39(55)49(38(27)54)30-13-14-32(51)45-36(30)53/h2-12,15,20-21,30,41H,1,13-14,16-19,22H2,(H,42,50)(H,43,44,46)(H,45,51,53). The summed E-state index contributed by atoms with van der Waals surface area (Å²) >= 11 is 0. The first kappa shape index (κ1) is 36.4. The number of fused-ring (bicyclic) bond motifs is 2. The second-order valence-electron chi connectivity index (χ2n) is 13.4. The molecule has 2 fully saturated rings. The molecule has 2 aromatic heterocycles. The van der Waals surface area contributed by atoms with Gasteiger partial charge in [-0.1, -0.05) is 18.7 Å². The van der Waals surface area contributed by atoms with Crippen LogP contribution in [0.25, 0.3) is 11.1 Å². The number of carbonyl (C=O) groups is 6. The van der Waals surface area contributed by atoms with Crippen LogP contribution in [0.4, 0.5) is 28.7 Å². The van der Waals surface area contributed by atoms with E-state index in [4.69, 9.17) is 9.15 Å². The zero-order chi connectivity index (χ0) is 39.6. The summed E-state index contributed by atoms with van der Waals surface area (Å²) in [5.74, 6) is -2.01. The largest absolute Gasteiger partial charge is 0.457 e. The number of nitrogens with zero attached hydrogens (tertiary/aromatic N) is 5. The van der Waals surface area contributed by atoms with Crippen LogP contribution in [0.3, 0.4) is 0 Å². The average Bonchev–Trinajstić information content (AvgIpc) is 3.79. The van der Waals surface area contributed by atoms with Gasteiger partial charge in [0.25, 0.3) is 17.7 Å². The third kappa shape index (κ3) is 7.45. The van der Waals surface area contributed by atoms with Gasteiger partial charge in [0.1, 0.15) is 17.3 Å². The number of carbonyl (C=O) groups excluding carboxylic acids is 6. The highest BCUT2D eigenvalue weighted by Crippen LogP contribution is 2.34. The maximum Gasteiger partial charge on any atom is 0.268 e. The SMILES string of the molecule is C=CC(=O)Nc1cccc(Oc2nc(Nc3ccc(N4CCN(C(=O)CNc5cccc6c5C(=O)N(C5CCC(=O)NC5=O)C6=O)CC4)cc3)nc3ccoc23)c1. The first-order valence-corrected chi connectivity index (χ1v) is 18.1. The van der Waals surface area contributed by atoms with Crippen LogP contribution in [0.15, 0.2) is 96.1 Å². The van der Waals surface area contributed by atoms with E-state index in [1.54, 1.807) is 47.4 Å². The summed E-state index contributed by atoms with van der Waals surface area (Å²) < 4.78 is 11.6. The number of piperazine rings is 1. The van der Waals surface area contributed by atoms with Crippen LogP contribution in [0.2, 0.25) is 0 Å². The van der Waals surface area contributed by atoms with Gasteiger partial charge in [-0.15, -0.1) is 0 Å². The van der Waals surface area contributed by atoms with Gasteiger partial charge in [0, 0.05) is 67.5 Å². The number of hydrogen-bond acceptors (Lipinski definition) is 13. The van der Waals surface area contributed by atoms with Gasteiger partial charge in [0.2, 0.25) is 35.2 Å². The molecule has 2 saturated heterocycles. The van der Waals surface area contributed by atoms with E-state index >= 15 is 0 Å². The van der Waals surface area contributed by atoms with Crippen LogP contribution in [0.5, 0.6) is 11.6 Å². The number of piperidine rings is 1. The molecule has 8 rings (SSSR count). The normalized spacial score (nSPS) is 16.6. The van der Waals surface area contributed by atoms with Gasteiger partial charge in [-0.3, -0.25) is 39.0 Å². The van der Waals surface area contributed by atoms with E-state index in [1.165, 1.54) is 18.4 Å². The highest BCUT2D eigenvalue weighted by atomic mass is 16.5. The third-order valence-electron chi connectivity index (χ3n) is 9.79. The number of rotatable bonds is 11. The van der Waals surface area contributed by atoms with E-state index in [0.717, 1.165) is 16.3 Å². The molecule has 5 heterocycles. The predicted molar refractivity (Wildman–Crippen MR) is 207 cm³/mol. The van der Waals surface area contributed by atoms with Crippen molar-refractivity contribution in [2.24, 2.45) is 0 Å². The molecule has 0 saturated carbocycles. The molecule has 3 aliphatic heterocycles. The number of nitrogens with one attached hydrogen (secondary N) is 4. The molecule has 0 bridgehead atoms. The van der Waals surface area contributed by atoms with Crippen molar-refractivity contribution in [3.8, 4) is 11.6 Å². The molecule has 0 aliphatic carbocycles. The Morgan fingerprint density at radius 1 is 0.930 bits per heavy atom. The van der Waals surface area contributed by atoms with Crippen LogP contribution in [0, 0.1) is 0 Å². The van der Waals surface area contributed by atoms with Crippen molar-refractivity contribution in [1.29, 1.82) is 0 Å². The van der Waals surface area contributed by atoms with Gasteiger partial charge >= 0.3 is 0 Å². The number of aromatic nitrogens is 2. The monoisotopic (exact) mass is 769 g/mol. The Labute approximate surface area is 324 Å². The van der Waals surface area contributed by atoms with Crippen LogP contribution in [-0.4, -0.2) is 94.0 Å². The first-order chi connectivity index (χ1) is 27.6. The van der Waals surface area contributed by atoms with Crippen LogP contribution >= 0.6 is 0 Å². The first-order valence-electron chi connectivity index (χ1n) is 18.1. The zero-order valence-electron chi connectivity index (χ0n) is 30.3. The van der Waals surface area contributed by atoms with Crippen LogP contribution in [0.1, 0.15) is 33.6 Å². The zero-order valence-corrected chi connectivity index (χ0v) is 30.3. The fraction of sp³-hybridized carbons (Fsp3) is 0.200. The van der Waals surface area contributed by atoms with Gasteiger partial charge in [-0.05, 0) is 61.0 Å². The Morgan fingerprint density at radius 2 is 1.72 bits per heavy atom. The van der Waals surface area contributed by atoms with E-state index < -0.39 is 29.7 Å². The van der Waals surface area contributed by atoms with Crippen molar-refractivity contribution < 1.29 is 37.9 Å². The molecule has 1 atom stereocenters. The maximum absolute atomic E-state index is 13.4. The van der Waals surface area contributed by atoms with E-state index in [9.17, 15) is 28.8 Å². The Hall–Kier alpha value is -7.56. The fourth-order valence-corrected chi connectivity index (χ4v) is 6.95. The fourth-order valence-electron chi connectivity index (χ4n) is 6.95. The van der Waals surface area contributed by atoms with Gasteiger partial charge < -0.3 is 34.9 Å². The van der Waals surface area contributed by atoms with Crippen molar-refractivity contribution in [3.63, 3.8) is 0 Å².